The van der Waals surface area contributed by atoms with Crippen LogP contribution in [0, 0.1) is 0 Å². The van der Waals surface area contributed by atoms with Gasteiger partial charge in [-0.1, -0.05) is 53.4 Å². The van der Waals surface area contributed by atoms with Crippen LogP contribution in [-0.2, 0) is 11.3 Å². The van der Waals surface area contributed by atoms with Gasteiger partial charge < -0.3 is 15.4 Å². The Morgan fingerprint density at radius 1 is 1.07 bits per heavy atom. The summed E-state index contributed by atoms with van der Waals surface area (Å²) in [4.78, 5) is 24.2. The number of aromatic nitrogens is 2. The van der Waals surface area contributed by atoms with E-state index in [1.54, 1.807) is 19.2 Å². The van der Waals surface area contributed by atoms with E-state index in [-0.39, 0.29) is 22.6 Å². The Balaban J connectivity index is 1.44. The average Bonchev–Trinajstić information content (AvgIpc) is 3.21. The predicted molar refractivity (Wildman–Crippen MR) is 110 cm³/mol. The number of amides is 2. The molecule has 2 aromatic carbocycles. The minimum atomic E-state index is -0.320. The summed E-state index contributed by atoms with van der Waals surface area (Å²) >= 11 is 2.40. The average molecular weight is 415 g/mol. The first-order valence-corrected chi connectivity index (χ1v) is 10.2. The topological polar surface area (TPSA) is 93.2 Å². The molecular weight excluding hydrogens is 396 g/mol. The van der Waals surface area contributed by atoms with Crippen LogP contribution >= 0.6 is 23.1 Å². The number of hydrogen-bond acceptors (Lipinski definition) is 7. The van der Waals surface area contributed by atoms with Crippen molar-refractivity contribution in [3.63, 3.8) is 0 Å². The lowest BCUT2D eigenvalue weighted by Crippen LogP contribution is -2.24. The molecule has 0 fully saturated rings. The van der Waals surface area contributed by atoms with Gasteiger partial charge in [0.1, 0.15) is 5.75 Å². The van der Waals surface area contributed by atoms with Gasteiger partial charge in [0.25, 0.3) is 5.91 Å². The summed E-state index contributed by atoms with van der Waals surface area (Å²) in [5, 5.41) is 13.7. The molecule has 0 spiro atoms. The number of ether oxygens (including phenoxy) is 1. The molecule has 0 saturated heterocycles. The zero-order valence-corrected chi connectivity index (χ0v) is 16.7. The van der Waals surface area contributed by atoms with Gasteiger partial charge in [0.15, 0.2) is 4.34 Å². The highest BCUT2D eigenvalue weighted by Gasteiger charge is 2.14. The van der Waals surface area contributed by atoms with Crippen molar-refractivity contribution >= 4 is 40.6 Å². The molecule has 0 radical (unpaired) electrons. The van der Waals surface area contributed by atoms with Gasteiger partial charge in [0, 0.05) is 12.2 Å². The van der Waals surface area contributed by atoms with Crippen LogP contribution in [0.3, 0.4) is 0 Å². The van der Waals surface area contributed by atoms with Gasteiger partial charge in [0.05, 0.1) is 12.9 Å². The largest absolute Gasteiger partial charge is 0.497 e. The van der Waals surface area contributed by atoms with Gasteiger partial charge in [-0.25, -0.2) is 0 Å². The third kappa shape index (κ3) is 5.80. The van der Waals surface area contributed by atoms with Crippen molar-refractivity contribution in [1.82, 2.24) is 15.5 Å². The number of nitrogens with one attached hydrogen (secondary N) is 2. The molecule has 3 rings (SSSR count). The minimum absolute atomic E-state index is 0.119. The molecule has 0 bridgehead atoms. The van der Waals surface area contributed by atoms with Crippen molar-refractivity contribution in [2.45, 2.75) is 10.9 Å². The normalized spacial score (nSPS) is 10.3. The second-order valence-corrected chi connectivity index (χ2v) is 7.81. The molecule has 2 amide bonds. The highest BCUT2D eigenvalue weighted by atomic mass is 32.2. The van der Waals surface area contributed by atoms with Crippen molar-refractivity contribution in [1.29, 1.82) is 0 Å². The number of anilines is 1. The number of hydrogen-bond donors (Lipinski definition) is 2. The van der Waals surface area contributed by atoms with E-state index in [1.165, 1.54) is 11.8 Å². The third-order valence-corrected chi connectivity index (χ3v) is 5.66. The number of nitrogens with zero attached hydrogens (tertiary/aromatic N) is 2. The Morgan fingerprint density at radius 2 is 1.82 bits per heavy atom. The fraction of sp³-hybridized carbons (Fsp3) is 0.158. The second-order valence-electron chi connectivity index (χ2n) is 5.61. The monoisotopic (exact) mass is 414 g/mol. The van der Waals surface area contributed by atoms with Gasteiger partial charge in [-0.3, -0.25) is 9.59 Å². The molecule has 7 nitrogen and oxygen atoms in total. The maximum absolute atomic E-state index is 12.2. The number of carbonyl (C=O) groups is 2. The van der Waals surface area contributed by atoms with E-state index in [2.05, 4.69) is 20.8 Å². The summed E-state index contributed by atoms with van der Waals surface area (Å²) in [6, 6.07) is 16.6. The zero-order chi connectivity index (χ0) is 19.8. The van der Waals surface area contributed by atoms with E-state index in [0.29, 0.717) is 16.6 Å². The van der Waals surface area contributed by atoms with E-state index in [9.17, 15) is 9.59 Å². The molecule has 0 saturated carbocycles. The van der Waals surface area contributed by atoms with Crippen molar-refractivity contribution < 1.29 is 14.3 Å². The highest BCUT2D eigenvalue weighted by molar-refractivity contribution is 8.01. The first-order chi connectivity index (χ1) is 13.6. The van der Waals surface area contributed by atoms with Gasteiger partial charge in [-0.05, 0) is 29.8 Å². The van der Waals surface area contributed by atoms with Crippen molar-refractivity contribution in [3.05, 3.63) is 65.2 Å². The molecule has 1 aromatic heterocycles. The fourth-order valence-corrected chi connectivity index (χ4v) is 3.77. The van der Waals surface area contributed by atoms with E-state index in [0.717, 1.165) is 22.6 Å². The summed E-state index contributed by atoms with van der Waals surface area (Å²) in [5.74, 6) is 0.533. The molecule has 144 valence electrons. The van der Waals surface area contributed by atoms with Crippen LogP contribution < -0.4 is 15.4 Å². The van der Waals surface area contributed by atoms with E-state index < -0.39 is 0 Å². The van der Waals surface area contributed by atoms with Crippen LogP contribution in [0.2, 0.25) is 0 Å². The number of benzene rings is 2. The maximum Gasteiger partial charge on any atom is 0.286 e. The smallest absolute Gasteiger partial charge is 0.286 e. The van der Waals surface area contributed by atoms with Crippen LogP contribution in [-0.4, -0.2) is 34.9 Å². The Bertz CT molecular complexity index is 930. The summed E-state index contributed by atoms with van der Waals surface area (Å²) in [7, 11) is 1.61. The predicted octanol–water partition coefficient (Wildman–Crippen LogP) is 3.21. The Morgan fingerprint density at radius 3 is 2.54 bits per heavy atom. The summed E-state index contributed by atoms with van der Waals surface area (Å²) in [6.45, 7) is 0.435. The molecule has 0 aliphatic carbocycles. The van der Waals surface area contributed by atoms with E-state index in [4.69, 9.17) is 4.74 Å². The summed E-state index contributed by atoms with van der Waals surface area (Å²) < 4.78 is 5.67. The fourth-order valence-electron chi connectivity index (χ4n) is 2.19. The van der Waals surface area contributed by atoms with Crippen molar-refractivity contribution in [2.24, 2.45) is 0 Å². The van der Waals surface area contributed by atoms with E-state index >= 15 is 0 Å². The Labute approximate surface area is 170 Å². The molecule has 1 heterocycles. The van der Waals surface area contributed by atoms with Gasteiger partial charge in [0.2, 0.25) is 10.9 Å². The molecule has 0 aliphatic heterocycles. The number of para-hydroxylation sites is 1. The van der Waals surface area contributed by atoms with E-state index in [1.807, 2.05) is 42.5 Å². The Hall–Kier alpha value is -2.91. The van der Waals surface area contributed by atoms with Crippen LogP contribution in [0.25, 0.3) is 0 Å². The number of thioether (sulfide) groups is 1. The second kappa shape index (κ2) is 9.86. The highest BCUT2D eigenvalue weighted by Crippen LogP contribution is 2.23. The van der Waals surface area contributed by atoms with Crippen LogP contribution in [0.1, 0.15) is 15.4 Å². The number of methoxy groups -OCH3 is 1. The quantitative estimate of drug-likeness (QED) is 0.550. The lowest BCUT2D eigenvalue weighted by atomic mass is 10.2. The summed E-state index contributed by atoms with van der Waals surface area (Å²) in [5.41, 5.74) is 1.67. The molecule has 0 atom stereocenters. The first kappa shape index (κ1) is 19.8. The van der Waals surface area contributed by atoms with Crippen molar-refractivity contribution in [3.8, 4) is 5.75 Å². The number of carbonyl (C=O) groups excluding carboxylic acids is 2. The van der Waals surface area contributed by atoms with Crippen LogP contribution in [0.5, 0.6) is 5.75 Å². The SMILES string of the molecule is COc1ccc(CNC(=O)CSc2nnc(C(=O)Nc3ccccc3)s2)cc1. The lowest BCUT2D eigenvalue weighted by Gasteiger charge is -2.05. The maximum atomic E-state index is 12.2. The first-order valence-electron chi connectivity index (χ1n) is 8.36. The lowest BCUT2D eigenvalue weighted by molar-refractivity contribution is -0.118. The van der Waals surface area contributed by atoms with Crippen LogP contribution in [0.4, 0.5) is 5.69 Å². The van der Waals surface area contributed by atoms with Gasteiger partial charge in [-0.2, -0.15) is 0 Å². The molecule has 2 N–H and O–H groups in total. The molecule has 0 aliphatic rings. The van der Waals surface area contributed by atoms with Crippen LogP contribution in [0.15, 0.2) is 58.9 Å². The third-order valence-electron chi connectivity index (χ3n) is 3.61. The minimum Gasteiger partial charge on any atom is -0.497 e. The molecule has 3 aromatic rings. The van der Waals surface area contributed by atoms with Gasteiger partial charge in [-0.15, -0.1) is 10.2 Å². The molecule has 9 heteroatoms. The molecule has 28 heavy (non-hydrogen) atoms. The molecular formula is C19H18N4O3S2. The zero-order valence-electron chi connectivity index (χ0n) is 15.0. The standard InChI is InChI=1S/C19H18N4O3S2/c1-26-15-9-7-13(8-10-15)11-20-16(24)12-27-19-23-22-18(28-19)17(25)21-14-5-3-2-4-6-14/h2-10H,11-12H2,1H3,(H,20,24)(H,21,25). The number of rotatable bonds is 8. The molecule has 0 unspecified atom stereocenters. The summed E-state index contributed by atoms with van der Waals surface area (Å²) in [6.07, 6.45) is 0. The Kier molecular flexibility index (Phi) is 6.99. The van der Waals surface area contributed by atoms with Crippen molar-refractivity contribution in [2.75, 3.05) is 18.2 Å². The van der Waals surface area contributed by atoms with Gasteiger partial charge >= 0.3 is 0 Å².